The first-order chi connectivity index (χ1) is 29.7. The van der Waals surface area contributed by atoms with Crippen molar-refractivity contribution in [3.8, 4) is 33.4 Å². The van der Waals surface area contributed by atoms with E-state index in [0.717, 1.165) is 77.5 Å². The molecule has 1 aliphatic rings. The number of furan rings is 1. The first-order valence-electron chi connectivity index (χ1n) is 20.2. The SMILES string of the molecule is c1ccc(-c2ccc(C3=NC(c4ccc5c(c4)sc4ccccc45)NC(c4cc(-c5cccc(-c6ccccc6)c5)cc5oc6cc7ccccc7cc6c45)=N3)cc2)cc1. The van der Waals surface area contributed by atoms with Crippen LogP contribution in [-0.4, -0.2) is 11.7 Å². The minimum Gasteiger partial charge on any atom is -0.456 e. The van der Waals surface area contributed by atoms with Crippen LogP contribution in [0.2, 0.25) is 0 Å². The summed E-state index contributed by atoms with van der Waals surface area (Å²) in [5.41, 5.74) is 11.4. The van der Waals surface area contributed by atoms with Crippen LogP contribution in [0.1, 0.15) is 22.9 Å². The van der Waals surface area contributed by atoms with Gasteiger partial charge in [0.05, 0.1) is 0 Å². The summed E-state index contributed by atoms with van der Waals surface area (Å²) >= 11 is 1.82. The van der Waals surface area contributed by atoms with E-state index in [-0.39, 0.29) is 0 Å². The number of hydrogen-bond donors (Lipinski definition) is 1. The Labute approximate surface area is 350 Å². The van der Waals surface area contributed by atoms with E-state index in [1.165, 1.54) is 31.3 Å². The molecule has 0 saturated heterocycles. The monoisotopic (exact) mass is 785 g/mol. The highest BCUT2D eigenvalue weighted by Gasteiger charge is 2.26. The number of nitrogens with one attached hydrogen (secondary N) is 1. The van der Waals surface area contributed by atoms with E-state index in [2.05, 4.69) is 199 Å². The van der Waals surface area contributed by atoms with Gasteiger partial charge in [-0.15, -0.1) is 11.3 Å². The highest BCUT2D eigenvalue weighted by Crippen LogP contribution is 2.40. The lowest BCUT2D eigenvalue weighted by molar-refractivity contribution is 0.668. The third-order valence-electron chi connectivity index (χ3n) is 11.7. The summed E-state index contributed by atoms with van der Waals surface area (Å²) in [6.45, 7) is 0. The maximum absolute atomic E-state index is 6.81. The summed E-state index contributed by atoms with van der Waals surface area (Å²) in [6.07, 6.45) is -0.393. The zero-order valence-electron chi connectivity index (χ0n) is 32.3. The highest BCUT2D eigenvalue weighted by molar-refractivity contribution is 7.25. The summed E-state index contributed by atoms with van der Waals surface area (Å²) in [4.78, 5) is 10.8. The fourth-order valence-corrected chi connectivity index (χ4v) is 9.85. The lowest BCUT2D eigenvalue weighted by Crippen LogP contribution is -2.33. The third-order valence-corrected chi connectivity index (χ3v) is 12.8. The Morgan fingerprint density at radius 1 is 0.433 bits per heavy atom. The van der Waals surface area contributed by atoms with Gasteiger partial charge >= 0.3 is 0 Å². The van der Waals surface area contributed by atoms with Crippen molar-refractivity contribution in [1.29, 1.82) is 0 Å². The van der Waals surface area contributed by atoms with Gasteiger partial charge in [0.2, 0.25) is 0 Å². The topological polar surface area (TPSA) is 49.9 Å². The first-order valence-corrected chi connectivity index (χ1v) is 21.1. The van der Waals surface area contributed by atoms with E-state index in [1.807, 2.05) is 17.4 Å². The van der Waals surface area contributed by atoms with Crippen molar-refractivity contribution in [2.45, 2.75) is 6.17 Å². The van der Waals surface area contributed by atoms with Crippen molar-refractivity contribution >= 4 is 75.9 Å². The number of nitrogens with zero attached hydrogens (tertiary/aromatic N) is 2. The number of rotatable bonds is 6. The van der Waals surface area contributed by atoms with Crippen LogP contribution < -0.4 is 5.32 Å². The van der Waals surface area contributed by atoms with Crippen molar-refractivity contribution in [2.24, 2.45) is 9.98 Å². The standard InChI is InChI=1S/C55H35N3OS/c1-3-12-34(13-4-1)36-22-24-37(25-23-36)53-56-54(42-26-27-45-44-20-9-10-21-50(44)60-51(45)33-42)58-55(57-53)47-30-43(39-19-11-18-38(28-39)35-14-5-2-6-15-35)32-49-52(47)46-29-40-16-7-8-17-41(40)31-48(46)59-49/h1-33,54H,(H,56,57,58). The van der Waals surface area contributed by atoms with E-state index >= 15 is 0 Å². The van der Waals surface area contributed by atoms with Gasteiger partial charge in [0, 0.05) is 42.1 Å². The zero-order valence-corrected chi connectivity index (χ0v) is 33.2. The number of benzene rings is 9. The van der Waals surface area contributed by atoms with Gasteiger partial charge in [0.1, 0.15) is 23.2 Å². The second-order valence-electron chi connectivity index (χ2n) is 15.4. The van der Waals surface area contributed by atoms with Crippen LogP contribution in [0.5, 0.6) is 0 Å². The molecule has 282 valence electrons. The van der Waals surface area contributed by atoms with Gasteiger partial charge in [-0.25, -0.2) is 9.98 Å². The van der Waals surface area contributed by atoms with Crippen LogP contribution in [0, 0.1) is 0 Å². The smallest absolute Gasteiger partial charge is 0.159 e. The Morgan fingerprint density at radius 3 is 1.87 bits per heavy atom. The molecule has 0 bridgehead atoms. The number of amidine groups is 2. The van der Waals surface area contributed by atoms with Gasteiger partial charge < -0.3 is 9.73 Å². The van der Waals surface area contributed by atoms with E-state index in [4.69, 9.17) is 14.4 Å². The molecule has 0 fully saturated rings. The fourth-order valence-electron chi connectivity index (χ4n) is 8.69. The van der Waals surface area contributed by atoms with Gasteiger partial charge in [-0.1, -0.05) is 158 Å². The molecule has 1 atom stereocenters. The Bertz CT molecular complexity index is 3510. The predicted octanol–water partition coefficient (Wildman–Crippen LogP) is 14.6. The number of fused-ring (bicyclic) bond motifs is 7. The zero-order chi connectivity index (χ0) is 39.6. The molecule has 4 nitrogen and oxygen atoms in total. The Balaban J connectivity index is 1.07. The number of aliphatic imine (C=N–C) groups is 2. The number of hydrogen-bond acceptors (Lipinski definition) is 5. The van der Waals surface area contributed by atoms with Crippen LogP contribution in [-0.2, 0) is 0 Å². The molecule has 0 radical (unpaired) electrons. The number of thiophene rings is 1. The van der Waals surface area contributed by atoms with Crippen LogP contribution in [0.15, 0.2) is 215 Å². The Hall–Kier alpha value is -7.60. The molecule has 0 aliphatic carbocycles. The first kappa shape index (κ1) is 34.4. The fraction of sp³-hybridized carbons (Fsp3) is 0.0182. The van der Waals surface area contributed by atoms with E-state index in [0.29, 0.717) is 5.84 Å². The maximum Gasteiger partial charge on any atom is 0.159 e. The van der Waals surface area contributed by atoms with Crippen molar-refractivity contribution < 1.29 is 4.42 Å². The Kier molecular flexibility index (Phi) is 8.06. The molecule has 11 aromatic rings. The molecule has 1 aliphatic heterocycles. The quantitative estimate of drug-likeness (QED) is 0.183. The molecular weight excluding hydrogens is 751 g/mol. The summed E-state index contributed by atoms with van der Waals surface area (Å²) in [5, 5.41) is 10.7. The molecule has 60 heavy (non-hydrogen) atoms. The van der Waals surface area contributed by atoms with Crippen LogP contribution in [0.4, 0.5) is 0 Å². The van der Waals surface area contributed by atoms with Gasteiger partial charge in [0.15, 0.2) is 5.84 Å². The van der Waals surface area contributed by atoms with Crippen molar-refractivity contribution in [3.05, 3.63) is 217 Å². The summed E-state index contributed by atoms with van der Waals surface area (Å²) in [5.74, 6) is 1.42. The molecule has 1 N–H and O–H groups in total. The molecule has 0 saturated carbocycles. The second kappa shape index (κ2) is 14.0. The molecule has 2 aromatic heterocycles. The molecule has 1 unspecified atom stereocenters. The van der Waals surface area contributed by atoms with Gasteiger partial charge in [0.25, 0.3) is 0 Å². The van der Waals surface area contributed by atoms with Crippen LogP contribution in [0.25, 0.3) is 86.3 Å². The average Bonchev–Trinajstić information content (AvgIpc) is 3.88. The molecule has 12 rings (SSSR count). The average molecular weight is 786 g/mol. The second-order valence-corrected chi connectivity index (χ2v) is 16.5. The van der Waals surface area contributed by atoms with Gasteiger partial charge in [-0.3, -0.25) is 0 Å². The minimum absolute atomic E-state index is 0.393. The lowest BCUT2D eigenvalue weighted by Gasteiger charge is -2.24. The van der Waals surface area contributed by atoms with E-state index < -0.39 is 6.17 Å². The molecule has 9 aromatic carbocycles. The lowest BCUT2D eigenvalue weighted by atomic mass is 9.94. The third kappa shape index (κ3) is 5.98. The molecule has 0 amide bonds. The van der Waals surface area contributed by atoms with Crippen LogP contribution >= 0.6 is 11.3 Å². The summed E-state index contributed by atoms with van der Waals surface area (Å²) in [7, 11) is 0. The van der Waals surface area contributed by atoms with Crippen LogP contribution in [0.3, 0.4) is 0 Å². The van der Waals surface area contributed by atoms with Crippen molar-refractivity contribution in [3.63, 3.8) is 0 Å². The molecule has 0 spiro atoms. The predicted molar refractivity (Wildman–Crippen MR) is 252 cm³/mol. The maximum atomic E-state index is 6.81. The van der Waals surface area contributed by atoms with Gasteiger partial charge in [-0.05, 0) is 92.2 Å². The Morgan fingerprint density at radius 2 is 1.07 bits per heavy atom. The van der Waals surface area contributed by atoms with Gasteiger partial charge in [-0.2, -0.15) is 0 Å². The van der Waals surface area contributed by atoms with E-state index in [9.17, 15) is 0 Å². The summed E-state index contributed by atoms with van der Waals surface area (Å²) < 4.78 is 9.33. The van der Waals surface area contributed by atoms with E-state index in [1.54, 1.807) is 0 Å². The normalized spacial score (nSPS) is 14.2. The summed E-state index contributed by atoms with van der Waals surface area (Å²) in [6, 6.07) is 71.1. The van der Waals surface area contributed by atoms with Crippen molar-refractivity contribution in [1.82, 2.24) is 5.32 Å². The molecule has 3 heterocycles. The highest BCUT2D eigenvalue weighted by atomic mass is 32.1. The molecule has 5 heteroatoms. The molecular formula is C55H35N3OS. The largest absolute Gasteiger partial charge is 0.456 e. The minimum atomic E-state index is -0.393. The van der Waals surface area contributed by atoms with Crippen molar-refractivity contribution in [2.75, 3.05) is 0 Å².